The number of ketones is 1. The quantitative estimate of drug-likeness (QED) is 0.483. The largest absolute Gasteiger partial charge is 0.507 e. The summed E-state index contributed by atoms with van der Waals surface area (Å²) in [5, 5.41) is 18.6. The maximum absolute atomic E-state index is 11.1. The van der Waals surface area contributed by atoms with E-state index in [1.54, 1.807) is 0 Å². The monoisotopic (exact) mass is 240 g/mol. The zero-order chi connectivity index (χ0) is 12.3. The number of carbonyl (C=O) groups excluding carboxylic acids is 1. The molecule has 16 heavy (non-hydrogen) atoms. The highest BCUT2D eigenvalue weighted by molar-refractivity contribution is 6.40. The smallest absolute Gasteiger partial charge is 0.377 e. The molecule has 0 atom stereocenters. The van der Waals surface area contributed by atoms with Gasteiger partial charge in [0, 0.05) is 16.2 Å². The lowest BCUT2D eigenvalue weighted by molar-refractivity contribution is -0.147. The molecule has 0 saturated carbocycles. The van der Waals surface area contributed by atoms with Crippen LogP contribution in [0.5, 0.6) is 0 Å². The number of carboxylic acids is 1. The van der Waals surface area contributed by atoms with Gasteiger partial charge >= 0.3 is 5.97 Å². The van der Waals surface area contributed by atoms with Crippen LogP contribution in [0.2, 0.25) is 5.02 Å². The van der Waals surface area contributed by atoms with Gasteiger partial charge in [0.25, 0.3) is 5.78 Å². The van der Waals surface area contributed by atoms with E-state index in [0.29, 0.717) is 10.6 Å². The summed E-state index contributed by atoms with van der Waals surface area (Å²) in [6.45, 7) is 1.25. The van der Waals surface area contributed by atoms with Crippen molar-refractivity contribution in [3.8, 4) is 0 Å². The summed E-state index contributed by atoms with van der Waals surface area (Å²) in [4.78, 5) is 21.5. The lowest BCUT2D eigenvalue weighted by Crippen LogP contribution is -2.14. The number of carboxylic acid groups (broad SMARTS) is 1. The molecule has 5 heteroatoms. The molecule has 0 aliphatic carbocycles. The first-order chi connectivity index (χ1) is 7.43. The van der Waals surface area contributed by atoms with E-state index in [2.05, 4.69) is 0 Å². The van der Waals surface area contributed by atoms with Crippen molar-refractivity contribution < 1.29 is 19.8 Å². The average molecular weight is 241 g/mol. The number of Topliss-reactive ketones (excluding diaryl/α,β-unsaturated/α-hetero) is 1. The van der Waals surface area contributed by atoms with Crippen molar-refractivity contribution in [2.24, 2.45) is 0 Å². The van der Waals surface area contributed by atoms with Gasteiger partial charge in [-0.1, -0.05) is 11.6 Å². The fourth-order valence-electron chi connectivity index (χ4n) is 1.09. The lowest BCUT2D eigenvalue weighted by Gasteiger charge is -2.03. The van der Waals surface area contributed by atoms with E-state index in [-0.39, 0.29) is 11.3 Å². The van der Waals surface area contributed by atoms with Crippen molar-refractivity contribution in [1.29, 1.82) is 0 Å². The van der Waals surface area contributed by atoms with E-state index in [1.165, 1.54) is 31.2 Å². The molecule has 0 radical (unpaired) electrons. The summed E-state index contributed by atoms with van der Waals surface area (Å²) in [5.74, 6) is -3.09. The highest BCUT2D eigenvalue weighted by atomic mass is 35.5. The molecule has 0 aliphatic rings. The predicted molar refractivity (Wildman–Crippen MR) is 59.3 cm³/mol. The second kappa shape index (κ2) is 4.81. The Hall–Kier alpha value is -1.81. The zero-order valence-electron chi connectivity index (χ0n) is 8.40. The summed E-state index contributed by atoms with van der Waals surface area (Å²) >= 11 is 5.65. The van der Waals surface area contributed by atoms with E-state index in [1.807, 2.05) is 0 Å². The van der Waals surface area contributed by atoms with Crippen LogP contribution in [-0.4, -0.2) is 22.0 Å². The first kappa shape index (κ1) is 12.3. The molecule has 0 unspecified atom stereocenters. The van der Waals surface area contributed by atoms with E-state index in [4.69, 9.17) is 16.7 Å². The second-order valence-corrected chi connectivity index (χ2v) is 3.55. The first-order valence-electron chi connectivity index (χ1n) is 4.37. The number of aliphatic carboxylic acids is 1. The molecule has 0 saturated heterocycles. The Morgan fingerprint density at radius 1 is 1.12 bits per heavy atom. The number of aliphatic hydroxyl groups is 1. The molecule has 1 aromatic rings. The zero-order valence-corrected chi connectivity index (χ0v) is 9.15. The third-order valence-electron chi connectivity index (χ3n) is 2.01. The van der Waals surface area contributed by atoms with Crippen LogP contribution in [0.15, 0.2) is 29.8 Å². The minimum Gasteiger partial charge on any atom is -0.507 e. The van der Waals surface area contributed by atoms with E-state index < -0.39 is 11.8 Å². The SMILES string of the molecule is C/C(C(=O)C(=O)O)=C(/O)c1ccc(Cl)cc1. The fourth-order valence-corrected chi connectivity index (χ4v) is 1.22. The molecule has 84 valence electrons. The van der Waals surface area contributed by atoms with Gasteiger partial charge in [0.1, 0.15) is 5.76 Å². The Kier molecular flexibility index (Phi) is 3.68. The van der Waals surface area contributed by atoms with Gasteiger partial charge in [-0.3, -0.25) is 4.79 Å². The maximum atomic E-state index is 11.1. The van der Waals surface area contributed by atoms with Gasteiger partial charge in [0.05, 0.1) is 0 Å². The molecular formula is C11H9ClO4. The molecule has 0 aromatic heterocycles. The van der Waals surface area contributed by atoms with Crippen LogP contribution in [0.1, 0.15) is 12.5 Å². The Morgan fingerprint density at radius 2 is 1.62 bits per heavy atom. The van der Waals surface area contributed by atoms with E-state index in [9.17, 15) is 14.7 Å². The molecule has 1 rings (SSSR count). The number of aliphatic hydroxyl groups excluding tert-OH is 1. The Morgan fingerprint density at radius 3 is 2.06 bits per heavy atom. The number of carbonyl (C=O) groups is 2. The molecule has 0 heterocycles. The number of hydrogen-bond donors (Lipinski definition) is 2. The molecule has 2 N–H and O–H groups in total. The Labute approximate surface area is 96.8 Å². The summed E-state index contributed by atoms with van der Waals surface area (Å²) in [6, 6.07) is 6.06. The molecule has 1 aromatic carbocycles. The van der Waals surface area contributed by atoms with Gasteiger partial charge in [-0.25, -0.2) is 4.79 Å². The normalized spacial score (nSPS) is 11.9. The lowest BCUT2D eigenvalue weighted by atomic mass is 10.1. The fraction of sp³-hybridized carbons (Fsp3) is 0.0909. The topological polar surface area (TPSA) is 74.6 Å². The highest BCUT2D eigenvalue weighted by Gasteiger charge is 2.18. The number of benzene rings is 1. The van der Waals surface area contributed by atoms with E-state index >= 15 is 0 Å². The van der Waals surface area contributed by atoms with Gasteiger partial charge in [0.15, 0.2) is 0 Å². The van der Waals surface area contributed by atoms with Crippen LogP contribution < -0.4 is 0 Å². The summed E-state index contributed by atoms with van der Waals surface area (Å²) in [7, 11) is 0. The van der Waals surface area contributed by atoms with Gasteiger partial charge in [0.2, 0.25) is 0 Å². The third kappa shape index (κ3) is 2.61. The van der Waals surface area contributed by atoms with Gasteiger partial charge in [-0.05, 0) is 31.2 Å². The molecule has 0 bridgehead atoms. The van der Waals surface area contributed by atoms with Gasteiger partial charge in [-0.15, -0.1) is 0 Å². The van der Waals surface area contributed by atoms with Crippen molar-refractivity contribution in [1.82, 2.24) is 0 Å². The standard InChI is InChI=1S/C11H9ClO4/c1-6(10(14)11(15)16)9(13)7-2-4-8(12)5-3-7/h2-5,13H,1H3,(H,15,16)/b9-6-. The maximum Gasteiger partial charge on any atom is 0.377 e. The molecule has 0 amide bonds. The Bertz CT molecular complexity index is 459. The van der Waals surface area contributed by atoms with Crippen LogP contribution >= 0.6 is 11.6 Å². The van der Waals surface area contributed by atoms with Crippen LogP contribution in [0.25, 0.3) is 5.76 Å². The summed E-state index contributed by atoms with van der Waals surface area (Å²) < 4.78 is 0. The van der Waals surface area contributed by atoms with Crippen molar-refractivity contribution >= 4 is 29.1 Å². The van der Waals surface area contributed by atoms with Crippen molar-refractivity contribution in [2.45, 2.75) is 6.92 Å². The van der Waals surface area contributed by atoms with Crippen molar-refractivity contribution in [3.05, 3.63) is 40.4 Å². The van der Waals surface area contributed by atoms with E-state index in [0.717, 1.165) is 0 Å². The predicted octanol–water partition coefficient (Wildman–Crippen LogP) is 2.28. The van der Waals surface area contributed by atoms with Crippen LogP contribution in [0.4, 0.5) is 0 Å². The molecule has 0 spiro atoms. The molecule has 4 nitrogen and oxygen atoms in total. The van der Waals surface area contributed by atoms with Crippen molar-refractivity contribution in [2.75, 3.05) is 0 Å². The summed E-state index contributed by atoms with van der Waals surface area (Å²) in [5.41, 5.74) is 0.131. The van der Waals surface area contributed by atoms with Gasteiger partial charge in [-0.2, -0.15) is 0 Å². The molecule has 0 fully saturated rings. The molecular weight excluding hydrogens is 232 g/mol. The minimum atomic E-state index is -1.60. The summed E-state index contributed by atoms with van der Waals surface area (Å²) in [6.07, 6.45) is 0. The van der Waals surface area contributed by atoms with Gasteiger partial charge < -0.3 is 10.2 Å². The number of rotatable bonds is 3. The number of halogens is 1. The minimum absolute atomic E-state index is 0.213. The highest BCUT2D eigenvalue weighted by Crippen LogP contribution is 2.18. The van der Waals surface area contributed by atoms with Crippen LogP contribution in [0, 0.1) is 0 Å². The third-order valence-corrected chi connectivity index (χ3v) is 2.26. The number of hydrogen-bond acceptors (Lipinski definition) is 3. The van der Waals surface area contributed by atoms with Crippen LogP contribution in [-0.2, 0) is 9.59 Å². The van der Waals surface area contributed by atoms with Crippen molar-refractivity contribution in [3.63, 3.8) is 0 Å². The average Bonchev–Trinajstić information content (AvgIpc) is 2.27. The Balaban J connectivity index is 3.13. The second-order valence-electron chi connectivity index (χ2n) is 3.11. The molecule has 0 aliphatic heterocycles. The first-order valence-corrected chi connectivity index (χ1v) is 4.74. The van der Waals surface area contributed by atoms with Crippen LogP contribution in [0.3, 0.4) is 0 Å².